The van der Waals surface area contributed by atoms with Crippen molar-refractivity contribution >= 4 is 42.9 Å². The zero-order valence-electron chi connectivity index (χ0n) is 8.77. The topological polar surface area (TPSA) is 30.2 Å². The van der Waals surface area contributed by atoms with Gasteiger partial charge in [-0.05, 0) is 25.8 Å². The monoisotopic (exact) mass is 271 g/mol. The number of aromatic nitrogens is 2. The molecule has 0 fully saturated rings. The molecular formula is C9H16Cl3N3. The highest BCUT2D eigenvalue weighted by atomic mass is 35.5. The molecule has 15 heavy (non-hydrogen) atoms. The van der Waals surface area contributed by atoms with Gasteiger partial charge in [0.1, 0.15) is 5.69 Å². The summed E-state index contributed by atoms with van der Waals surface area (Å²) in [6.07, 6.45) is 2.28. The predicted octanol–water partition coefficient (Wildman–Crippen LogP) is 2.58. The number of aryl methyl sites for hydroxylation is 2. The molecule has 0 N–H and O–H groups in total. The molecule has 0 spiro atoms. The Morgan fingerprint density at radius 2 is 1.93 bits per heavy atom. The van der Waals surface area contributed by atoms with Crippen molar-refractivity contribution in [1.82, 2.24) is 9.78 Å². The van der Waals surface area contributed by atoms with Crippen LogP contribution in [-0.2, 0) is 7.05 Å². The second-order valence-electron chi connectivity index (χ2n) is 3.23. The molecule has 1 aliphatic heterocycles. The van der Waals surface area contributed by atoms with E-state index < -0.39 is 0 Å². The quantitative estimate of drug-likeness (QED) is 0.773. The number of rotatable bonds is 1. The van der Waals surface area contributed by atoms with Crippen molar-refractivity contribution < 1.29 is 0 Å². The molecule has 0 aliphatic carbocycles. The van der Waals surface area contributed by atoms with Crippen molar-refractivity contribution in [2.45, 2.75) is 19.8 Å². The van der Waals surface area contributed by atoms with Crippen molar-refractivity contribution in [3.8, 4) is 0 Å². The van der Waals surface area contributed by atoms with E-state index in [9.17, 15) is 0 Å². The first-order valence-electron chi connectivity index (χ1n) is 4.32. The van der Waals surface area contributed by atoms with Crippen molar-refractivity contribution in [3.05, 3.63) is 17.5 Å². The van der Waals surface area contributed by atoms with E-state index >= 15 is 0 Å². The number of aliphatic imine (C=N–C) groups is 1. The molecule has 1 aromatic rings. The standard InChI is InChI=1S/C9H13N3.3ClH/c1-7-6-9(11-12(7)2)8-4-3-5-10-8;;;/h6H,3-5H2,1-2H3;3*1H. The van der Waals surface area contributed by atoms with Crippen LogP contribution in [0.4, 0.5) is 0 Å². The molecule has 1 aliphatic rings. The van der Waals surface area contributed by atoms with Crippen LogP contribution in [0.5, 0.6) is 0 Å². The van der Waals surface area contributed by atoms with Crippen molar-refractivity contribution in [3.63, 3.8) is 0 Å². The third kappa shape index (κ3) is 3.67. The summed E-state index contributed by atoms with van der Waals surface area (Å²) >= 11 is 0. The summed E-state index contributed by atoms with van der Waals surface area (Å²) in [5.74, 6) is 0. The predicted molar refractivity (Wildman–Crippen MR) is 70.3 cm³/mol. The molecule has 0 aromatic carbocycles. The minimum absolute atomic E-state index is 0. The van der Waals surface area contributed by atoms with Gasteiger partial charge in [0.2, 0.25) is 0 Å². The Labute approximate surface area is 109 Å². The summed E-state index contributed by atoms with van der Waals surface area (Å²) in [4.78, 5) is 4.40. The Kier molecular flexibility index (Phi) is 8.11. The Balaban J connectivity index is 0. The minimum atomic E-state index is 0. The lowest BCUT2D eigenvalue weighted by Crippen LogP contribution is -1.99. The van der Waals surface area contributed by atoms with Gasteiger partial charge in [-0.2, -0.15) is 5.10 Å². The Bertz CT molecular complexity index is 314. The Morgan fingerprint density at radius 1 is 1.27 bits per heavy atom. The highest BCUT2D eigenvalue weighted by Crippen LogP contribution is 2.12. The maximum atomic E-state index is 4.40. The summed E-state index contributed by atoms with van der Waals surface area (Å²) < 4.78 is 1.90. The van der Waals surface area contributed by atoms with Crippen LogP contribution in [-0.4, -0.2) is 22.0 Å². The number of nitrogens with zero attached hydrogens (tertiary/aromatic N) is 3. The lowest BCUT2D eigenvalue weighted by Gasteiger charge is -1.91. The molecule has 88 valence electrons. The molecule has 0 unspecified atom stereocenters. The van der Waals surface area contributed by atoms with E-state index in [0.29, 0.717) is 0 Å². The lowest BCUT2D eigenvalue weighted by molar-refractivity contribution is 0.737. The lowest BCUT2D eigenvalue weighted by atomic mass is 10.2. The van der Waals surface area contributed by atoms with Crippen molar-refractivity contribution in [1.29, 1.82) is 0 Å². The molecule has 0 saturated carbocycles. The average Bonchev–Trinajstić information content (AvgIpc) is 2.61. The summed E-state index contributed by atoms with van der Waals surface area (Å²) in [7, 11) is 1.97. The molecule has 0 amide bonds. The smallest absolute Gasteiger partial charge is 0.106 e. The van der Waals surface area contributed by atoms with Crippen LogP contribution in [0.15, 0.2) is 11.1 Å². The molecule has 6 heteroatoms. The highest BCUT2D eigenvalue weighted by molar-refractivity contribution is 5.99. The van der Waals surface area contributed by atoms with E-state index in [1.54, 1.807) is 0 Å². The molecule has 3 nitrogen and oxygen atoms in total. The number of hydrogen-bond donors (Lipinski definition) is 0. The Hall–Kier alpha value is -0.250. The van der Waals surface area contributed by atoms with Gasteiger partial charge in [-0.3, -0.25) is 9.67 Å². The molecule has 2 heterocycles. The number of halogens is 3. The van der Waals surface area contributed by atoms with Crippen molar-refractivity contribution in [2.75, 3.05) is 6.54 Å². The van der Waals surface area contributed by atoms with Crippen LogP contribution in [0.1, 0.15) is 24.2 Å². The van der Waals surface area contributed by atoms with E-state index in [2.05, 4.69) is 23.1 Å². The maximum Gasteiger partial charge on any atom is 0.106 e. The molecule has 2 rings (SSSR count). The van der Waals surface area contributed by atoms with Crippen LogP contribution >= 0.6 is 37.2 Å². The molecule has 0 radical (unpaired) electrons. The molecule has 0 saturated heterocycles. The van der Waals surface area contributed by atoms with Gasteiger partial charge in [0.15, 0.2) is 0 Å². The van der Waals surface area contributed by atoms with Crippen LogP contribution in [0.25, 0.3) is 0 Å². The van der Waals surface area contributed by atoms with E-state index in [4.69, 9.17) is 0 Å². The van der Waals surface area contributed by atoms with Gasteiger partial charge in [0, 0.05) is 19.3 Å². The zero-order chi connectivity index (χ0) is 8.55. The SMILES string of the molecule is Cc1cc(C2=NCCC2)nn1C.Cl.Cl.Cl. The van der Waals surface area contributed by atoms with Crippen LogP contribution in [0, 0.1) is 6.92 Å². The molecule has 1 aromatic heterocycles. The van der Waals surface area contributed by atoms with E-state index in [1.807, 2.05) is 11.7 Å². The molecular weight excluding hydrogens is 256 g/mol. The fraction of sp³-hybridized carbons (Fsp3) is 0.556. The molecule has 0 atom stereocenters. The maximum absolute atomic E-state index is 4.40. The minimum Gasteiger partial charge on any atom is -0.287 e. The summed E-state index contributed by atoms with van der Waals surface area (Å²) in [5, 5.41) is 4.38. The fourth-order valence-corrected chi connectivity index (χ4v) is 1.45. The van der Waals surface area contributed by atoms with Crippen LogP contribution < -0.4 is 0 Å². The van der Waals surface area contributed by atoms with Crippen molar-refractivity contribution in [2.24, 2.45) is 12.0 Å². The zero-order valence-corrected chi connectivity index (χ0v) is 11.2. The first-order chi connectivity index (χ1) is 5.77. The van der Waals surface area contributed by atoms with Crippen LogP contribution in [0.2, 0.25) is 0 Å². The van der Waals surface area contributed by atoms with Gasteiger partial charge in [0.05, 0.1) is 5.71 Å². The van der Waals surface area contributed by atoms with E-state index in [0.717, 1.165) is 18.7 Å². The van der Waals surface area contributed by atoms with Gasteiger partial charge in [-0.25, -0.2) is 0 Å². The van der Waals surface area contributed by atoms with E-state index in [1.165, 1.54) is 17.8 Å². The Morgan fingerprint density at radius 3 is 2.33 bits per heavy atom. The second kappa shape index (κ2) is 7.09. The van der Waals surface area contributed by atoms with E-state index in [-0.39, 0.29) is 37.2 Å². The summed E-state index contributed by atoms with van der Waals surface area (Å²) in [6.45, 7) is 3.04. The average molecular weight is 273 g/mol. The highest BCUT2D eigenvalue weighted by Gasteiger charge is 2.12. The largest absolute Gasteiger partial charge is 0.287 e. The fourth-order valence-electron chi connectivity index (χ4n) is 1.45. The summed E-state index contributed by atoms with van der Waals surface area (Å²) in [5.41, 5.74) is 3.44. The van der Waals surface area contributed by atoms with Gasteiger partial charge in [0.25, 0.3) is 0 Å². The first-order valence-corrected chi connectivity index (χ1v) is 4.32. The van der Waals surface area contributed by atoms with Gasteiger partial charge in [-0.15, -0.1) is 37.2 Å². The van der Waals surface area contributed by atoms with Crippen LogP contribution in [0.3, 0.4) is 0 Å². The van der Waals surface area contributed by atoms with Gasteiger partial charge >= 0.3 is 0 Å². The van der Waals surface area contributed by atoms with Gasteiger partial charge < -0.3 is 0 Å². The van der Waals surface area contributed by atoms with Gasteiger partial charge in [-0.1, -0.05) is 0 Å². The third-order valence-electron chi connectivity index (χ3n) is 2.28. The normalized spacial score (nSPS) is 13.3. The molecule has 0 bridgehead atoms. The first kappa shape index (κ1) is 17.2. The second-order valence-corrected chi connectivity index (χ2v) is 3.23. The third-order valence-corrected chi connectivity index (χ3v) is 2.28. The summed E-state index contributed by atoms with van der Waals surface area (Å²) in [6, 6.07) is 2.10. The number of hydrogen-bond acceptors (Lipinski definition) is 2.